The first-order chi connectivity index (χ1) is 15.5. The first-order valence-corrected chi connectivity index (χ1v) is 10.9. The van der Waals surface area contributed by atoms with Crippen molar-refractivity contribution in [3.63, 3.8) is 0 Å². The van der Waals surface area contributed by atoms with Gasteiger partial charge in [0, 0.05) is 37.3 Å². The van der Waals surface area contributed by atoms with E-state index in [0.717, 1.165) is 48.7 Å². The van der Waals surface area contributed by atoms with E-state index in [-0.39, 0.29) is 5.78 Å². The van der Waals surface area contributed by atoms with E-state index in [1.807, 2.05) is 42.5 Å². The van der Waals surface area contributed by atoms with Crippen LogP contribution < -0.4 is 15.5 Å². The average molecular weight is 449 g/mol. The van der Waals surface area contributed by atoms with Gasteiger partial charge in [0.15, 0.2) is 10.9 Å². The zero-order valence-electron chi connectivity index (χ0n) is 17.9. The minimum atomic E-state index is -0.0694. The number of aromatic nitrogens is 2. The second kappa shape index (κ2) is 8.34. The summed E-state index contributed by atoms with van der Waals surface area (Å²) >= 11 is 5.53. The van der Waals surface area contributed by atoms with Crippen molar-refractivity contribution < 1.29 is 9.53 Å². The summed E-state index contributed by atoms with van der Waals surface area (Å²) in [5, 5.41) is 13.3. The van der Waals surface area contributed by atoms with Gasteiger partial charge in [-0.05, 0) is 49.6 Å². The average Bonchev–Trinajstić information content (AvgIpc) is 3.36. The van der Waals surface area contributed by atoms with Gasteiger partial charge < -0.3 is 15.0 Å². The normalized spacial score (nSPS) is 15.9. The van der Waals surface area contributed by atoms with E-state index in [4.69, 9.17) is 17.0 Å². The number of benzene rings is 2. The molecule has 0 atom stereocenters. The van der Waals surface area contributed by atoms with Crippen molar-refractivity contribution in [2.24, 2.45) is 0 Å². The lowest BCUT2D eigenvalue weighted by Gasteiger charge is -2.33. The molecule has 0 saturated carbocycles. The summed E-state index contributed by atoms with van der Waals surface area (Å²) in [6, 6.07) is 13.2. The molecule has 0 bridgehead atoms. The minimum Gasteiger partial charge on any atom is -0.497 e. The summed E-state index contributed by atoms with van der Waals surface area (Å²) in [7, 11) is 3.73. The standard InChI is InChI=1S/C23H24N6O2S/c1-28-10-12-29(13-11-28)27-23(32)24-17-5-3-4-16-18(17)22(30)19-20(25-26-21(16)19)14-6-8-15(31-2)9-7-14/h3-9H,10-13H2,1-2H3,(H,25,26)(H2,24,27,32). The number of likely N-dealkylation sites (N-methyl/N-ethyl adjacent to an activating group) is 1. The van der Waals surface area contributed by atoms with Crippen LogP contribution in [0.15, 0.2) is 42.5 Å². The molecule has 5 rings (SSSR count). The number of aromatic amines is 1. The second-order valence-electron chi connectivity index (χ2n) is 7.96. The van der Waals surface area contributed by atoms with Crippen LogP contribution in [0.25, 0.3) is 22.5 Å². The molecule has 3 aromatic rings. The maximum absolute atomic E-state index is 13.5. The third-order valence-corrected chi connectivity index (χ3v) is 6.12. The molecular weight excluding hydrogens is 424 g/mol. The number of fused-ring (bicyclic) bond motifs is 3. The number of piperazine rings is 1. The summed E-state index contributed by atoms with van der Waals surface area (Å²) in [5.41, 5.74) is 8.15. The first kappa shape index (κ1) is 20.6. The molecule has 0 spiro atoms. The maximum Gasteiger partial charge on any atom is 0.200 e. The van der Waals surface area contributed by atoms with E-state index in [0.29, 0.717) is 27.6 Å². The number of ketones is 1. The first-order valence-electron chi connectivity index (χ1n) is 10.5. The molecular formula is C23H24N6O2S. The van der Waals surface area contributed by atoms with E-state index >= 15 is 0 Å². The molecule has 1 saturated heterocycles. The monoisotopic (exact) mass is 448 g/mol. The molecule has 0 radical (unpaired) electrons. The number of carbonyl (C=O) groups is 1. The van der Waals surface area contributed by atoms with Crippen molar-refractivity contribution in [2.45, 2.75) is 0 Å². The number of hydrogen-bond donors (Lipinski definition) is 3. The molecule has 9 heteroatoms. The van der Waals surface area contributed by atoms with Crippen LogP contribution in [0, 0.1) is 0 Å². The molecule has 3 N–H and O–H groups in total. The second-order valence-corrected chi connectivity index (χ2v) is 8.37. The highest BCUT2D eigenvalue weighted by atomic mass is 32.1. The Hall–Kier alpha value is -3.27. The Labute approximate surface area is 191 Å². The molecule has 0 amide bonds. The number of nitrogens with zero attached hydrogens (tertiary/aromatic N) is 3. The number of anilines is 1. The number of thiocarbonyl (C=S) groups is 1. The van der Waals surface area contributed by atoms with Crippen LogP contribution in [0.1, 0.15) is 15.9 Å². The lowest BCUT2D eigenvalue weighted by Crippen LogP contribution is -2.53. The van der Waals surface area contributed by atoms with Crippen molar-refractivity contribution in [3.05, 3.63) is 53.6 Å². The third-order valence-electron chi connectivity index (χ3n) is 5.93. The number of methoxy groups -OCH3 is 1. The predicted octanol–water partition coefficient (Wildman–Crippen LogP) is 2.75. The van der Waals surface area contributed by atoms with Crippen LogP contribution >= 0.6 is 12.2 Å². The molecule has 8 nitrogen and oxygen atoms in total. The van der Waals surface area contributed by atoms with Crippen molar-refractivity contribution in [3.8, 4) is 28.3 Å². The molecule has 0 unspecified atom stereocenters. The van der Waals surface area contributed by atoms with Gasteiger partial charge in [-0.25, -0.2) is 5.01 Å². The van der Waals surface area contributed by atoms with Crippen LogP contribution in [-0.4, -0.2) is 71.3 Å². The van der Waals surface area contributed by atoms with Gasteiger partial charge in [0.1, 0.15) is 11.4 Å². The van der Waals surface area contributed by atoms with Crippen molar-refractivity contribution in [2.75, 3.05) is 45.7 Å². The van der Waals surface area contributed by atoms with E-state index in [2.05, 4.69) is 37.9 Å². The van der Waals surface area contributed by atoms with Crippen molar-refractivity contribution >= 4 is 28.8 Å². The van der Waals surface area contributed by atoms with E-state index in [1.165, 1.54) is 0 Å². The summed E-state index contributed by atoms with van der Waals surface area (Å²) in [4.78, 5) is 15.8. The summed E-state index contributed by atoms with van der Waals surface area (Å²) < 4.78 is 5.24. The molecule has 1 aliphatic carbocycles. The molecule has 2 heterocycles. The van der Waals surface area contributed by atoms with Gasteiger partial charge in [-0.2, -0.15) is 5.10 Å². The number of nitrogens with one attached hydrogen (secondary N) is 3. The van der Waals surface area contributed by atoms with Gasteiger partial charge in [0.2, 0.25) is 0 Å². The highest BCUT2D eigenvalue weighted by Crippen LogP contribution is 2.43. The molecule has 1 fully saturated rings. The number of rotatable bonds is 4. The maximum atomic E-state index is 13.5. The number of hydrazine groups is 1. The van der Waals surface area contributed by atoms with Crippen molar-refractivity contribution in [1.29, 1.82) is 0 Å². The Morgan fingerprint density at radius 3 is 2.56 bits per heavy atom. The van der Waals surface area contributed by atoms with Gasteiger partial charge >= 0.3 is 0 Å². The summed E-state index contributed by atoms with van der Waals surface area (Å²) in [6.07, 6.45) is 0. The minimum absolute atomic E-state index is 0.0694. The van der Waals surface area contributed by atoms with Crippen molar-refractivity contribution in [1.82, 2.24) is 25.5 Å². The summed E-state index contributed by atoms with van der Waals surface area (Å²) in [5.74, 6) is 0.684. The Bertz CT molecular complexity index is 1180. The fraction of sp³-hybridized carbons (Fsp3) is 0.261. The number of carbonyl (C=O) groups excluding carboxylic acids is 1. The Balaban J connectivity index is 1.40. The highest BCUT2D eigenvalue weighted by Gasteiger charge is 2.34. The van der Waals surface area contributed by atoms with Gasteiger partial charge in [0.05, 0.1) is 29.6 Å². The van der Waals surface area contributed by atoms with E-state index in [1.54, 1.807) is 7.11 Å². The van der Waals surface area contributed by atoms with Gasteiger partial charge in [-0.1, -0.05) is 12.1 Å². The van der Waals surface area contributed by atoms with Crippen LogP contribution in [0.5, 0.6) is 5.75 Å². The lowest BCUT2D eigenvalue weighted by atomic mass is 10.0. The fourth-order valence-corrected chi connectivity index (χ4v) is 4.40. The Morgan fingerprint density at radius 1 is 1.09 bits per heavy atom. The lowest BCUT2D eigenvalue weighted by molar-refractivity contribution is 0.104. The van der Waals surface area contributed by atoms with E-state index in [9.17, 15) is 4.79 Å². The number of H-pyrrole nitrogens is 1. The zero-order valence-corrected chi connectivity index (χ0v) is 18.8. The topological polar surface area (TPSA) is 85.5 Å². The van der Waals surface area contributed by atoms with E-state index < -0.39 is 0 Å². The fourth-order valence-electron chi connectivity index (χ4n) is 4.16. The van der Waals surface area contributed by atoms with Gasteiger partial charge in [-0.3, -0.25) is 15.3 Å². The summed E-state index contributed by atoms with van der Waals surface area (Å²) in [6.45, 7) is 3.71. The largest absolute Gasteiger partial charge is 0.497 e. The predicted molar refractivity (Wildman–Crippen MR) is 128 cm³/mol. The quantitative estimate of drug-likeness (QED) is 0.411. The van der Waals surface area contributed by atoms with Crippen LogP contribution in [0.4, 0.5) is 5.69 Å². The highest BCUT2D eigenvalue weighted by molar-refractivity contribution is 7.80. The Morgan fingerprint density at radius 2 is 1.84 bits per heavy atom. The molecule has 1 aromatic heterocycles. The molecule has 164 valence electrons. The SMILES string of the molecule is COc1ccc(-c2n[nH]c3c2C(=O)c2c(NC(=S)NN4CCN(C)CC4)cccc2-3)cc1. The number of hydrogen-bond acceptors (Lipinski definition) is 6. The zero-order chi connectivity index (χ0) is 22.2. The van der Waals surface area contributed by atoms with Crippen LogP contribution in [0.3, 0.4) is 0 Å². The Kier molecular flexibility index (Phi) is 5.38. The molecule has 32 heavy (non-hydrogen) atoms. The third kappa shape index (κ3) is 3.64. The van der Waals surface area contributed by atoms with Crippen LogP contribution in [0.2, 0.25) is 0 Å². The smallest absolute Gasteiger partial charge is 0.200 e. The molecule has 1 aliphatic heterocycles. The van der Waals surface area contributed by atoms with Gasteiger partial charge in [-0.15, -0.1) is 0 Å². The molecule has 2 aromatic carbocycles. The van der Waals surface area contributed by atoms with Gasteiger partial charge in [0.25, 0.3) is 0 Å². The van der Waals surface area contributed by atoms with Crippen LogP contribution in [-0.2, 0) is 0 Å². The number of ether oxygens (including phenoxy) is 1. The molecule has 2 aliphatic rings.